The summed E-state index contributed by atoms with van der Waals surface area (Å²) in [5.41, 5.74) is 1.41. The number of furan rings is 1. The monoisotopic (exact) mass is 374 g/mol. The molecule has 0 unspecified atom stereocenters. The average Bonchev–Trinajstić information content (AvgIpc) is 3.21. The lowest BCUT2D eigenvalue weighted by molar-refractivity contribution is 0.213. The third-order valence-electron chi connectivity index (χ3n) is 4.86. The number of aromatic amines is 1. The highest BCUT2D eigenvalue weighted by Crippen LogP contribution is 2.28. The summed E-state index contributed by atoms with van der Waals surface area (Å²) in [5, 5.41) is 4.35. The highest BCUT2D eigenvalue weighted by atomic mass is 79.9. The Labute approximate surface area is 140 Å². The molecule has 0 radical (unpaired) electrons. The second-order valence-electron chi connectivity index (χ2n) is 6.36. The van der Waals surface area contributed by atoms with E-state index in [9.17, 15) is 4.79 Å². The standard InChI is InChI=1S/C16H15BrN4O2/c17-8-1-2-12-11(3-8)14-15(23-12)16(22)20-13(19-14)7-21-6-9-4-10(21)5-18-9/h1-3,9-10,18H,4-7H2,(H,19,20,22)/t9-,10-/m1/s1. The molecule has 2 fully saturated rings. The molecule has 3 aromatic rings. The fourth-order valence-electron chi connectivity index (χ4n) is 3.78. The largest absolute Gasteiger partial charge is 0.449 e. The zero-order chi connectivity index (χ0) is 15.6. The van der Waals surface area contributed by atoms with Gasteiger partial charge < -0.3 is 14.7 Å². The van der Waals surface area contributed by atoms with Crippen LogP contribution in [-0.4, -0.2) is 40.0 Å². The number of hydrogen-bond acceptors (Lipinski definition) is 5. The molecular formula is C16H15BrN4O2. The van der Waals surface area contributed by atoms with Gasteiger partial charge in [-0.05, 0) is 24.6 Å². The molecule has 2 N–H and O–H groups in total. The molecule has 0 aliphatic carbocycles. The fourth-order valence-corrected chi connectivity index (χ4v) is 4.14. The molecule has 23 heavy (non-hydrogen) atoms. The Balaban J connectivity index is 1.61. The molecule has 2 saturated heterocycles. The summed E-state index contributed by atoms with van der Waals surface area (Å²) in [6.07, 6.45) is 1.19. The molecule has 118 valence electrons. The summed E-state index contributed by atoms with van der Waals surface area (Å²) in [6.45, 7) is 2.72. The molecule has 0 amide bonds. The van der Waals surface area contributed by atoms with Gasteiger partial charge in [0.15, 0.2) is 0 Å². The minimum Gasteiger partial charge on any atom is -0.449 e. The first-order valence-corrected chi connectivity index (χ1v) is 8.55. The van der Waals surface area contributed by atoms with Crippen LogP contribution in [0, 0.1) is 0 Å². The zero-order valence-corrected chi connectivity index (χ0v) is 13.9. The summed E-state index contributed by atoms with van der Waals surface area (Å²) < 4.78 is 6.61. The number of likely N-dealkylation sites (tertiary alicyclic amines) is 1. The molecule has 0 saturated carbocycles. The minimum atomic E-state index is -0.209. The molecule has 0 spiro atoms. The summed E-state index contributed by atoms with van der Waals surface area (Å²) >= 11 is 3.46. The second kappa shape index (κ2) is 4.90. The first-order chi connectivity index (χ1) is 11.2. The van der Waals surface area contributed by atoms with E-state index in [2.05, 4.69) is 36.1 Å². The van der Waals surface area contributed by atoms with Gasteiger partial charge in [0.05, 0.1) is 6.54 Å². The number of fused-ring (bicyclic) bond motifs is 5. The second-order valence-corrected chi connectivity index (χ2v) is 7.27. The fraction of sp³-hybridized carbons (Fsp3) is 0.375. The highest BCUT2D eigenvalue weighted by Gasteiger charge is 2.37. The van der Waals surface area contributed by atoms with Crippen molar-refractivity contribution in [3.8, 4) is 0 Å². The van der Waals surface area contributed by atoms with Gasteiger partial charge >= 0.3 is 0 Å². The van der Waals surface area contributed by atoms with Crippen molar-refractivity contribution in [1.82, 2.24) is 20.2 Å². The van der Waals surface area contributed by atoms with E-state index in [4.69, 9.17) is 4.42 Å². The van der Waals surface area contributed by atoms with E-state index < -0.39 is 0 Å². The van der Waals surface area contributed by atoms with Gasteiger partial charge in [-0.3, -0.25) is 9.69 Å². The Kier molecular flexibility index (Phi) is 2.92. The van der Waals surface area contributed by atoms with Crippen molar-refractivity contribution >= 4 is 38.0 Å². The van der Waals surface area contributed by atoms with Crippen molar-refractivity contribution < 1.29 is 4.42 Å². The predicted octanol–water partition coefficient (Wildman–Crippen LogP) is 1.98. The van der Waals surface area contributed by atoms with Crippen LogP contribution in [0.4, 0.5) is 0 Å². The first-order valence-electron chi connectivity index (χ1n) is 7.76. The normalized spacial score (nSPS) is 24.2. The van der Waals surface area contributed by atoms with Gasteiger partial charge in [-0.25, -0.2) is 4.98 Å². The van der Waals surface area contributed by atoms with Crippen LogP contribution in [0.1, 0.15) is 12.2 Å². The molecule has 1 aromatic carbocycles. The van der Waals surface area contributed by atoms with Crippen molar-refractivity contribution in [1.29, 1.82) is 0 Å². The maximum Gasteiger partial charge on any atom is 0.294 e. The summed E-state index contributed by atoms with van der Waals surface area (Å²) in [4.78, 5) is 22.3. The highest BCUT2D eigenvalue weighted by molar-refractivity contribution is 9.10. The van der Waals surface area contributed by atoms with Gasteiger partial charge in [0.25, 0.3) is 5.56 Å². The molecule has 2 aliphatic heterocycles. The molecule has 7 heteroatoms. The molecule has 2 aliphatic rings. The molecule has 4 heterocycles. The Hall–Kier alpha value is -1.70. The van der Waals surface area contributed by atoms with Crippen LogP contribution in [0.3, 0.4) is 0 Å². The summed E-state index contributed by atoms with van der Waals surface area (Å²) in [6, 6.07) is 6.83. The molecule has 2 bridgehead atoms. The molecule has 5 rings (SSSR count). The van der Waals surface area contributed by atoms with Gasteiger partial charge in [0.2, 0.25) is 5.58 Å². The van der Waals surface area contributed by atoms with E-state index in [0.717, 1.165) is 22.9 Å². The third kappa shape index (κ3) is 2.14. The van der Waals surface area contributed by atoms with Crippen LogP contribution in [0.25, 0.3) is 22.1 Å². The van der Waals surface area contributed by atoms with E-state index in [1.807, 2.05) is 18.2 Å². The van der Waals surface area contributed by atoms with E-state index in [1.165, 1.54) is 6.42 Å². The van der Waals surface area contributed by atoms with Gasteiger partial charge in [-0.2, -0.15) is 0 Å². The molecule has 6 nitrogen and oxygen atoms in total. The number of nitrogens with one attached hydrogen (secondary N) is 2. The molecule has 2 aromatic heterocycles. The zero-order valence-electron chi connectivity index (χ0n) is 12.3. The maximum atomic E-state index is 12.4. The number of nitrogens with zero attached hydrogens (tertiary/aromatic N) is 2. The van der Waals surface area contributed by atoms with Gasteiger partial charge in [-0.1, -0.05) is 15.9 Å². The Morgan fingerprint density at radius 1 is 1.43 bits per heavy atom. The van der Waals surface area contributed by atoms with Crippen LogP contribution in [0.5, 0.6) is 0 Å². The predicted molar refractivity (Wildman–Crippen MR) is 90.4 cm³/mol. The van der Waals surface area contributed by atoms with Gasteiger partial charge in [0.1, 0.15) is 16.9 Å². The number of H-pyrrole nitrogens is 1. The Morgan fingerprint density at radius 2 is 2.35 bits per heavy atom. The van der Waals surface area contributed by atoms with E-state index in [-0.39, 0.29) is 5.56 Å². The van der Waals surface area contributed by atoms with Crippen molar-refractivity contribution in [2.45, 2.75) is 25.0 Å². The Morgan fingerprint density at radius 3 is 3.13 bits per heavy atom. The molecule has 2 atom stereocenters. The number of hydrogen-bond donors (Lipinski definition) is 2. The smallest absolute Gasteiger partial charge is 0.294 e. The number of aromatic nitrogens is 2. The van der Waals surface area contributed by atoms with Crippen LogP contribution < -0.4 is 10.9 Å². The van der Waals surface area contributed by atoms with Crippen molar-refractivity contribution in [3.63, 3.8) is 0 Å². The van der Waals surface area contributed by atoms with Crippen LogP contribution in [0.15, 0.2) is 31.9 Å². The minimum absolute atomic E-state index is 0.209. The third-order valence-corrected chi connectivity index (χ3v) is 5.35. The van der Waals surface area contributed by atoms with Crippen LogP contribution in [0.2, 0.25) is 0 Å². The van der Waals surface area contributed by atoms with Gasteiger partial charge in [0, 0.05) is 35.0 Å². The lowest BCUT2D eigenvalue weighted by Gasteiger charge is -2.26. The van der Waals surface area contributed by atoms with Gasteiger partial charge in [-0.15, -0.1) is 0 Å². The SMILES string of the molecule is O=c1[nH]c(CN2C[C@H]3C[C@@H]2CN3)nc2c1oc1ccc(Br)cc12. The quantitative estimate of drug-likeness (QED) is 0.717. The number of benzene rings is 1. The van der Waals surface area contributed by atoms with E-state index >= 15 is 0 Å². The lowest BCUT2D eigenvalue weighted by atomic mass is 10.2. The van der Waals surface area contributed by atoms with Crippen molar-refractivity contribution in [2.24, 2.45) is 0 Å². The Bertz CT molecular complexity index is 979. The molecular weight excluding hydrogens is 360 g/mol. The van der Waals surface area contributed by atoms with Crippen LogP contribution >= 0.6 is 15.9 Å². The average molecular weight is 375 g/mol. The van der Waals surface area contributed by atoms with E-state index in [1.54, 1.807) is 0 Å². The van der Waals surface area contributed by atoms with Crippen molar-refractivity contribution in [3.05, 3.63) is 38.9 Å². The summed E-state index contributed by atoms with van der Waals surface area (Å²) in [5.74, 6) is 0.706. The topological polar surface area (TPSA) is 74.2 Å². The lowest BCUT2D eigenvalue weighted by Crippen LogP contribution is -2.43. The first kappa shape index (κ1) is 13.7. The van der Waals surface area contributed by atoms with Crippen molar-refractivity contribution in [2.75, 3.05) is 13.1 Å². The number of piperazine rings is 1. The maximum absolute atomic E-state index is 12.4. The number of halogens is 1. The summed E-state index contributed by atoms with van der Waals surface area (Å²) in [7, 11) is 0. The number of rotatable bonds is 2. The van der Waals surface area contributed by atoms with E-state index in [0.29, 0.717) is 41.1 Å². The van der Waals surface area contributed by atoms with Crippen LogP contribution in [-0.2, 0) is 6.54 Å².